The van der Waals surface area contributed by atoms with Gasteiger partial charge in [0.15, 0.2) is 5.11 Å². The highest BCUT2D eigenvalue weighted by Gasteiger charge is 2.07. The van der Waals surface area contributed by atoms with Crippen molar-refractivity contribution < 1.29 is 13.9 Å². The fourth-order valence-corrected chi connectivity index (χ4v) is 2.81. The Hall–Kier alpha value is -3.06. The Balaban J connectivity index is 1.80. The van der Waals surface area contributed by atoms with E-state index < -0.39 is 0 Å². The van der Waals surface area contributed by atoms with Crippen molar-refractivity contribution in [2.75, 3.05) is 24.9 Å². The van der Waals surface area contributed by atoms with Crippen molar-refractivity contribution in [2.45, 2.75) is 6.92 Å². The van der Waals surface area contributed by atoms with Crippen LogP contribution in [0.1, 0.15) is 5.56 Å². The summed E-state index contributed by atoms with van der Waals surface area (Å²) in [6.45, 7) is 1.87. The zero-order chi connectivity index (χ0) is 18.7. The van der Waals surface area contributed by atoms with Crippen molar-refractivity contribution in [1.29, 1.82) is 0 Å². The summed E-state index contributed by atoms with van der Waals surface area (Å²) in [7, 11) is 3.17. The van der Waals surface area contributed by atoms with Gasteiger partial charge < -0.3 is 24.5 Å². The molecule has 0 saturated carbocycles. The normalized spacial score (nSPS) is 10.4. The van der Waals surface area contributed by atoms with Crippen LogP contribution in [0.2, 0.25) is 0 Å². The van der Waals surface area contributed by atoms with Gasteiger partial charge in [-0.1, -0.05) is 0 Å². The number of nitrogens with one attached hydrogen (secondary N) is 2. The molecule has 6 nitrogen and oxygen atoms in total. The van der Waals surface area contributed by atoms with E-state index in [9.17, 15) is 4.79 Å². The summed E-state index contributed by atoms with van der Waals surface area (Å²) >= 11 is 5.36. The molecule has 2 N–H and O–H groups in total. The first kappa shape index (κ1) is 17.8. The Bertz CT molecular complexity index is 1010. The van der Waals surface area contributed by atoms with Gasteiger partial charge in [0.25, 0.3) is 0 Å². The fourth-order valence-electron chi connectivity index (χ4n) is 2.58. The number of hydrogen-bond acceptors (Lipinski definition) is 5. The predicted octanol–water partition coefficient (Wildman–Crippen LogP) is 3.93. The van der Waals surface area contributed by atoms with Gasteiger partial charge in [-0.25, -0.2) is 4.79 Å². The molecule has 26 heavy (non-hydrogen) atoms. The molecule has 0 unspecified atom stereocenters. The summed E-state index contributed by atoms with van der Waals surface area (Å²) in [6, 6.07) is 12.3. The third kappa shape index (κ3) is 3.94. The molecular formula is C19H18N2O4S. The third-order valence-electron chi connectivity index (χ3n) is 3.82. The maximum absolute atomic E-state index is 11.6. The molecule has 0 aliphatic heterocycles. The summed E-state index contributed by atoms with van der Waals surface area (Å²) < 4.78 is 15.7. The van der Waals surface area contributed by atoms with E-state index in [0.29, 0.717) is 27.9 Å². The van der Waals surface area contributed by atoms with E-state index in [1.165, 1.54) is 6.07 Å². The SMILES string of the molecule is COc1cc(NC(=S)Nc2ccc3c(C)cc(=O)oc3c2)cc(OC)c1. The molecule has 0 saturated heterocycles. The predicted molar refractivity (Wildman–Crippen MR) is 107 cm³/mol. The van der Waals surface area contributed by atoms with Crippen LogP contribution in [0.15, 0.2) is 51.7 Å². The van der Waals surface area contributed by atoms with Crippen LogP contribution in [-0.2, 0) is 0 Å². The lowest BCUT2D eigenvalue weighted by atomic mass is 10.1. The Morgan fingerprint density at radius 3 is 2.27 bits per heavy atom. The second kappa shape index (κ2) is 7.45. The van der Waals surface area contributed by atoms with E-state index in [-0.39, 0.29) is 5.63 Å². The van der Waals surface area contributed by atoms with Crippen LogP contribution in [-0.4, -0.2) is 19.3 Å². The monoisotopic (exact) mass is 370 g/mol. The van der Waals surface area contributed by atoms with Crippen LogP contribution < -0.4 is 25.7 Å². The summed E-state index contributed by atoms with van der Waals surface area (Å²) in [5, 5.41) is 7.42. The lowest BCUT2D eigenvalue weighted by molar-refractivity contribution is 0.395. The molecule has 1 heterocycles. The minimum absolute atomic E-state index is 0.378. The number of fused-ring (bicyclic) bond motifs is 1. The number of benzene rings is 2. The van der Waals surface area contributed by atoms with Crippen LogP contribution in [0.25, 0.3) is 11.0 Å². The van der Waals surface area contributed by atoms with E-state index in [1.54, 1.807) is 38.5 Å². The molecule has 0 atom stereocenters. The van der Waals surface area contributed by atoms with Crippen LogP contribution in [0.4, 0.5) is 11.4 Å². The topological polar surface area (TPSA) is 72.7 Å². The summed E-state index contributed by atoms with van der Waals surface area (Å²) in [6.07, 6.45) is 0. The van der Waals surface area contributed by atoms with Crippen molar-refractivity contribution in [3.05, 3.63) is 58.4 Å². The number of aryl methyl sites for hydroxylation is 1. The van der Waals surface area contributed by atoms with Gasteiger partial charge in [0, 0.05) is 47.1 Å². The molecule has 0 bridgehead atoms. The lowest BCUT2D eigenvalue weighted by Crippen LogP contribution is -2.19. The Morgan fingerprint density at radius 1 is 0.962 bits per heavy atom. The zero-order valence-corrected chi connectivity index (χ0v) is 15.4. The summed E-state index contributed by atoms with van der Waals surface area (Å²) in [5.41, 5.74) is 2.43. The van der Waals surface area contributed by atoms with Gasteiger partial charge >= 0.3 is 5.63 Å². The first-order valence-electron chi connectivity index (χ1n) is 7.84. The molecule has 0 radical (unpaired) electrons. The first-order chi connectivity index (χ1) is 12.5. The van der Waals surface area contributed by atoms with E-state index in [0.717, 1.165) is 16.6 Å². The van der Waals surface area contributed by atoms with Crippen molar-refractivity contribution >= 4 is 39.7 Å². The maximum Gasteiger partial charge on any atom is 0.336 e. The van der Waals surface area contributed by atoms with E-state index in [1.807, 2.05) is 19.1 Å². The van der Waals surface area contributed by atoms with Crippen molar-refractivity contribution in [3.63, 3.8) is 0 Å². The largest absolute Gasteiger partial charge is 0.497 e. The van der Waals surface area contributed by atoms with Crippen LogP contribution in [0.5, 0.6) is 11.5 Å². The number of thiocarbonyl (C=S) groups is 1. The average molecular weight is 370 g/mol. The van der Waals surface area contributed by atoms with E-state index in [2.05, 4.69) is 10.6 Å². The molecule has 2 aromatic carbocycles. The number of rotatable bonds is 4. The first-order valence-corrected chi connectivity index (χ1v) is 8.25. The number of ether oxygens (including phenoxy) is 2. The van der Waals surface area contributed by atoms with Crippen molar-refractivity contribution in [2.24, 2.45) is 0 Å². The Labute approximate surface area is 155 Å². The van der Waals surface area contributed by atoms with Crippen molar-refractivity contribution in [1.82, 2.24) is 0 Å². The molecule has 0 aliphatic rings. The fraction of sp³-hybridized carbons (Fsp3) is 0.158. The van der Waals surface area contributed by atoms with E-state index in [4.69, 9.17) is 26.1 Å². The Morgan fingerprint density at radius 2 is 1.62 bits per heavy atom. The molecular weight excluding hydrogens is 352 g/mol. The van der Waals surface area contributed by atoms with Crippen LogP contribution in [0.3, 0.4) is 0 Å². The molecule has 0 aliphatic carbocycles. The minimum atomic E-state index is -0.378. The number of anilines is 2. The second-order valence-electron chi connectivity index (χ2n) is 5.64. The van der Waals surface area contributed by atoms with Gasteiger partial charge in [0.2, 0.25) is 0 Å². The molecule has 0 spiro atoms. The number of methoxy groups -OCH3 is 2. The summed E-state index contributed by atoms with van der Waals surface area (Å²) in [4.78, 5) is 11.6. The highest BCUT2D eigenvalue weighted by atomic mass is 32.1. The molecule has 0 amide bonds. The zero-order valence-electron chi connectivity index (χ0n) is 14.6. The lowest BCUT2D eigenvalue weighted by Gasteiger charge is -2.13. The average Bonchev–Trinajstić information content (AvgIpc) is 2.60. The highest BCUT2D eigenvalue weighted by molar-refractivity contribution is 7.80. The van der Waals surface area contributed by atoms with Gasteiger partial charge in [-0.15, -0.1) is 0 Å². The van der Waals surface area contributed by atoms with Crippen molar-refractivity contribution in [3.8, 4) is 11.5 Å². The molecule has 0 fully saturated rings. The molecule has 1 aromatic heterocycles. The molecule has 7 heteroatoms. The molecule has 3 aromatic rings. The standard InChI is InChI=1S/C19H18N2O4S/c1-11-6-18(22)25-17-9-12(4-5-16(11)17)20-19(26)21-13-7-14(23-2)10-15(8-13)24-3/h4-10H,1-3H3,(H2,20,21,26). The summed E-state index contributed by atoms with van der Waals surface area (Å²) in [5.74, 6) is 1.30. The third-order valence-corrected chi connectivity index (χ3v) is 4.02. The minimum Gasteiger partial charge on any atom is -0.497 e. The smallest absolute Gasteiger partial charge is 0.336 e. The van der Waals surface area contributed by atoms with Crippen LogP contribution in [0, 0.1) is 6.92 Å². The van der Waals surface area contributed by atoms with Crippen LogP contribution >= 0.6 is 12.2 Å². The van der Waals surface area contributed by atoms with Gasteiger partial charge in [-0.2, -0.15) is 0 Å². The highest BCUT2D eigenvalue weighted by Crippen LogP contribution is 2.26. The molecule has 3 rings (SSSR count). The van der Waals surface area contributed by atoms with Gasteiger partial charge in [-0.05, 0) is 36.8 Å². The Kier molecular flexibility index (Phi) is 5.09. The molecule has 134 valence electrons. The number of hydrogen-bond donors (Lipinski definition) is 2. The second-order valence-corrected chi connectivity index (χ2v) is 6.05. The van der Waals surface area contributed by atoms with Gasteiger partial charge in [0.05, 0.1) is 14.2 Å². The maximum atomic E-state index is 11.6. The van der Waals surface area contributed by atoms with E-state index >= 15 is 0 Å². The quantitative estimate of drug-likeness (QED) is 0.532. The van der Waals surface area contributed by atoms with Gasteiger partial charge in [0.1, 0.15) is 17.1 Å². The van der Waals surface area contributed by atoms with Gasteiger partial charge in [-0.3, -0.25) is 0 Å².